The van der Waals surface area contributed by atoms with E-state index in [1.807, 2.05) is 0 Å². The van der Waals surface area contributed by atoms with Gasteiger partial charge in [-0.25, -0.2) is 0 Å². The monoisotopic (exact) mass is 344 g/mol. The molecule has 0 radical (unpaired) electrons. The average molecular weight is 344 g/mol. The summed E-state index contributed by atoms with van der Waals surface area (Å²) < 4.78 is 9.51. The summed E-state index contributed by atoms with van der Waals surface area (Å²) in [4.78, 5) is 46.2. The Labute approximate surface area is 140 Å². The summed E-state index contributed by atoms with van der Waals surface area (Å²) in [7, 11) is 0. The van der Waals surface area contributed by atoms with Gasteiger partial charge in [-0.1, -0.05) is 12.2 Å². The molecule has 0 heterocycles. The number of aliphatic carboxylic acids is 2. The van der Waals surface area contributed by atoms with Crippen molar-refractivity contribution >= 4 is 23.9 Å². The first kappa shape index (κ1) is 21.6. The molecule has 0 aromatic carbocycles. The van der Waals surface area contributed by atoms with Crippen LogP contribution in [-0.2, 0) is 28.7 Å². The molecule has 0 aliphatic heterocycles. The number of hydrogen-bond donors (Lipinski definition) is 2. The van der Waals surface area contributed by atoms with Crippen LogP contribution in [0.25, 0.3) is 0 Å². The number of carboxylic acid groups (broad SMARTS) is 2. The van der Waals surface area contributed by atoms with Crippen molar-refractivity contribution in [3.63, 3.8) is 0 Å². The van der Waals surface area contributed by atoms with Crippen LogP contribution in [-0.4, -0.2) is 47.3 Å². The van der Waals surface area contributed by atoms with E-state index in [4.69, 9.17) is 9.47 Å². The molecule has 0 saturated heterocycles. The first-order chi connectivity index (χ1) is 11.1. The minimum atomic E-state index is -1.78. The van der Waals surface area contributed by atoms with E-state index in [-0.39, 0.29) is 26.1 Å². The van der Waals surface area contributed by atoms with Gasteiger partial charge in [0.05, 0.1) is 13.2 Å². The van der Waals surface area contributed by atoms with Crippen molar-refractivity contribution in [2.45, 2.75) is 40.5 Å². The zero-order valence-corrected chi connectivity index (χ0v) is 14.3. The Morgan fingerprint density at radius 1 is 0.792 bits per heavy atom. The van der Waals surface area contributed by atoms with Gasteiger partial charge in [0.1, 0.15) is 0 Å². The van der Waals surface area contributed by atoms with E-state index in [1.165, 1.54) is 26.0 Å². The lowest BCUT2D eigenvalue weighted by Crippen LogP contribution is -2.38. The van der Waals surface area contributed by atoms with Gasteiger partial charge in [0.15, 0.2) is 10.8 Å². The number of allylic oxidation sites excluding steroid dienone is 2. The Kier molecular flexibility index (Phi) is 8.15. The molecule has 8 nitrogen and oxygen atoms in total. The van der Waals surface area contributed by atoms with Crippen molar-refractivity contribution in [2.75, 3.05) is 13.2 Å². The summed E-state index contributed by atoms with van der Waals surface area (Å²) in [6.07, 6.45) is 2.32. The van der Waals surface area contributed by atoms with Crippen molar-refractivity contribution in [2.24, 2.45) is 10.8 Å². The fourth-order valence-corrected chi connectivity index (χ4v) is 1.73. The van der Waals surface area contributed by atoms with E-state index >= 15 is 0 Å². The topological polar surface area (TPSA) is 127 Å². The lowest BCUT2D eigenvalue weighted by Gasteiger charge is -2.22. The molecule has 2 N–H and O–H groups in total. The third-order valence-electron chi connectivity index (χ3n) is 3.61. The molecule has 2 unspecified atom stereocenters. The molecule has 0 aliphatic rings. The molecule has 2 atom stereocenters. The largest absolute Gasteiger partial charge is 0.480 e. The highest BCUT2D eigenvalue weighted by Gasteiger charge is 2.43. The molecule has 24 heavy (non-hydrogen) atoms. The van der Waals surface area contributed by atoms with Gasteiger partial charge in [-0.3, -0.25) is 19.2 Å². The van der Waals surface area contributed by atoms with Crippen LogP contribution in [0, 0.1) is 10.8 Å². The van der Waals surface area contributed by atoms with E-state index in [0.717, 1.165) is 0 Å². The highest BCUT2D eigenvalue weighted by atomic mass is 16.5. The van der Waals surface area contributed by atoms with Crippen LogP contribution in [0.15, 0.2) is 12.2 Å². The molecule has 0 aliphatic carbocycles. The summed E-state index contributed by atoms with van der Waals surface area (Å²) >= 11 is 0. The van der Waals surface area contributed by atoms with Gasteiger partial charge in [0, 0.05) is 0 Å². The van der Waals surface area contributed by atoms with E-state index in [1.54, 1.807) is 13.8 Å². The maximum atomic E-state index is 11.8. The fourth-order valence-electron chi connectivity index (χ4n) is 1.73. The van der Waals surface area contributed by atoms with Gasteiger partial charge < -0.3 is 19.7 Å². The van der Waals surface area contributed by atoms with Crippen LogP contribution in [0.1, 0.15) is 40.5 Å². The summed E-state index contributed by atoms with van der Waals surface area (Å²) in [5.41, 5.74) is -3.56. The summed E-state index contributed by atoms with van der Waals surface area (Å²) in [6.45, 7) is 5.66. The molecule has 0 fully saturated rings. The van der Waals surface area contributed by atoms with Crippen molar-refractivity contribution < 1.29 is 38.9 Å². The van der Waals surface area contributed by atoms with Crippen LogP contribution in [0.5, 0.6) is 0 Å². The minimum absolute atomic E-state index is 0.0470. The normalized spacial score (nSPS) is 16.0. The molecule has 0 amide bonds. The van der Waals surface area contributed by atoms with Crippen LogP contribution < -0.4 is 0 Å². The second-order valence-electron chi connectivity index (χ2n) is 5.60. The molecule has 136 valence electrons. The van der Waals surface area contributed by atoms with Crippen LogP contribution >= 0.6 is 0 Å². The molecule has 0 aromatic heterocycles. The first-order valence-corrected chi connectivity index (χ1v) is 7.52. The van der Waals surface area contributed by atoms with Gasteiger partial charge >= 0.3 is 23.9 Å². The van der Waals surface area contributed by atoms with Gasteiger partial charge in [0.25, 0.3) is 0 Å². The predicted molar refractivity (Wildman–Crippen MR) is 83.1 cm³/mol. The smallest absolute Gasteiger partial charge is 0.323 e. The molecule has 0 rings (SSSR count). The Morgan fingerprint density at radius 2 is 1.08 bits per heavy atom. The molecule has 0 saturated carbocycles. The zero-order valence-electron chi connectivity index (χ0n) is 14.3. The number of carboxylic acids is 2. The Morgan fingerprint density at radius 3 is 1.29 bits per heavy atom. The first-order valence-electron chi connectivity index (χ1n) is 7.52. The standard InChI is InChI=1S/C16H24O8/c1-5-23-13(21)15(3,11(17)18)9-7-8-10-16(4,12(19)20)14(22)24-6-2/h7-8H,5-6,9-10H2,1-4H3,(H,17,18)(H,19,20). The number of carbonyl (C=O) groups excluding carboxylic acids is 2. The van der Waals surface area contributed by atoms with E-state index < -0.39 is 34.7 Å². The number of ether oxygens (including phenoxy) is 2. The van der Waals surface area contributed by atoms with E-state index in [2.05, 4.69) is 0 Å². The minimum Gasteiger partial charge on any atom is -0.480 e. The number of hydrogen-bond acceptors (Lipinski definition) is 6. The van der Waals surface area contributed by atoms with Crippen molar-refractivity contribution in [3.05, 3.63) is 12.2 Å². The summed E-state index contributed by atoms with van der Waals surface area (Å²) in [6, 6.07) is 0. The lowest BCUT2D eigenvalue weighted by molar-refractivity contribution is -0.168. The Balaban J connectivity index is 5.11. The maximum Gasteiger partial charge on any atom is 0.323 e. The van der Waals surface area contributed by atoms with E-state index in [9.17, 15) is 29.4 Å². The zero-order chi connectivity index (χ0) is 19.0. The maximum absolute atomic E-state index is 11.8. The molecule has 0 spiro atoms. The summed E-state index contributed by atoms with van der Waals surface area (Å²) in [5, 5.41) is 18.5. The van der Waals surface area contributed by atoms with Crippen molar-refractivity contribution in [1.82, 2.24) is 0 Å². The Bertz CT molecular complexity index is 478. The van der Waals surface area contributed by atoms with Crippen molar-refractivity contribution in [3.8, 4) is 0 Å². The van der Waals surface area contributed by atoms with Gasteiger partial charge in [0.2, 0.25) is 0 Å². The highest BCUT2D eigenvalue weighted by molar-refractivity contribution is 5.99. The van der Waals surface area contributed by atoms with Gasteiger partial charge in [-0.2, -0.15) is 0 Å². The molecular weight excluding hydrogens is 320 g/mol. The predicted octanol–water partition coefficient (Wildman–Crippen LogP) is 1.63. The second-order valence-corrected chi connectivity index (χ2v) is 5.60. The lowest BCUT2D eigenvalue weighted by atomic mass is 9.84. The molecule has 0 aromatic rings. The Hall–Kier alpha value is -2.38. The fraction of sp³-hybridized carbons (Fsp3) is 0.625. The number of carbonyl (C=O) groups is 4. The third kappa shape index (κ3) is 5.07. The van der Waals surface area contributed by atoms with Crippen molar-refractivity contribution in [1.29, 1.82) is 0 Å². The van der Waals surface area contributed by atoms with E-state index in [0.29, 0.717) is 0 Å². The van der Waals surface area contributed by atoms with Crippen LogP contribution in [0.2, 0.25) is 0 Å². The third-order valence-corrected chi connectivity index (χ3v) is 3.61. The SMILES string of the molecule is CCOC(=O)C(C)(CC=CCC(C)(C(=O)O)C(=O)OCC)C(=O)O. The average Bonchev–Trinajstić information content (AvgIpc) is 2.50. The highest BCUT2D eigenvalue weighted by Crippen LogP contribution is 2.27. The van der Waals surface area contributed by atoms with Gasteiger partial charge in [-0.05, 0) is 40.5 Å². The second kappa shape index (κ2) is 9.05. The number of rotatable bonds is 10. The van der Waals surface area contributed by atoms with Crippen LogP contribution in [0.4, 0.5) is 0 Å². The summed E-state index contributed by atoms with van der Waals surface area (Å²) in [5.74, 6) is -4.46. The number of esters is 2. The molecule has 0 bridgehead atoms. The van der Waals surface area contributed by atoms with Crippen LogP contribution in [0.3, 0.4) is 0 Å². The molecular formula is C16H24O8. The van der Waals surface area contributed by atoms with Gasteiger partial charge in [-0.15, -0.1) is 0 Å². The quantitative estimate of drug-likeness (QED) is 0.348. The molecule has 8 heteroatoms.